The molecular formula is C21H20NaO7. The summed E-state index contributed by atoms with van der Waals surface area (Å²) >= 11 is 0. The van der Waals surface area contributed by atoms with E-state index in [1.54, 1.807) is 12.1 Å². The summed E-state index contributed by atoms with van der Waals surface area (Å²) in [7, 11) is 0. The second-order valence-corrected chi connectivity index (χ2v) is 6.45. The number of aromatic carboxylic acids is 1. The van der Waals surface area contributed by atoms with Gasteiger partial charge >= 0.3 is 5.97 Å². The Bertz CT molecular complexity index is 1070. The molecule has 2 aromatic carbocycles. The van der Waals surface area contributed by atoms with Crippen molar-refractivity contribution in [3.63, 3.8) is 0 Å². The van der Waals surface area contributed by atoms with E-state index in [0.717, 1.165) is 17.2 Å². The van der Waals surface area contributed by atoms with Gasteiger partial charge in [0.2, 0.25) is 5.76 Å². The van der Waals surface area contributed by atoms with Crippen LogP contribution in [0.5, 0.6) is 11.5 Å². The van der Waals surface area contributed by atoms with Crippen LogP contribution in [0, 0.1) is 13.8 Å². The van der Waals surface area contributed by atoms with E-state index < -0.39 is 23.3 Å². The zero-order valence-electron chi connectivity index (χ0n) is 16.5. The minimum Gasteiger partial charge on any atom is -0.490 e. The van der Waals surface area contributed by atoms with Crippen LogP contribution in [0.4, 0.5) is 0 Å². The standard InChI is InChI=1S/C21H20O7.Na/c1-12-6-7-13(2)18(8-12)27-11-14(22)10-26-16-4-3-5-17-20(16)15(23)9-19(28-17)21(24)25;/h3-9,14,22H,10-11H2,1-2H3,(H,24,25);. The monoisotopic (exact) mass is 407 g/mol. The number of benzene rings is 2. The Kier molecular flexibility index (Phi) is 7.87. The first-order chi connectivity index (χ1) is 13.3. The van der Waals surface area contributed by atoms with E-state index in [1.807, 2.05) is 32.0 Å². The maximum atomic E-state index is 12.3. The van der Waals surface area contributed by atoms with Crippen molar-refractivity contribution in [1.29, 1.82) is 0 Å². The number of aliphatic hydroxyl groups excluding tert-OH is 1. The fourth-order valence-corrected chi connectivity index (χ4v) is 2.69. The van der Waals surface area contributed by atoms with Gasteiger partial charge in [0, 0.05) is 35.6 Å². The number of carboxylic acid groups (broad SMARTS) is 1. The quantitative estimate of drug-likeness (QED) is 0.580. The van der Waals surface area contributed by atoms with Gasteiger partial charge in [-0.3, -0.25) is 4.79 Å². The number of fused-ring (bicyclic) bond motifs is 1. The van der Waals surface area contributed by atoms with Crippen LogP contribution in [0.15, 0.2) is 51.7 Å². The smallest absolute Gasteiger partial charge is 0.371 e. The van der Waals surface area contributed by atoms with Crippen LogP contribution in [-0.4, -0.2) is 65.1 Å². The molecule has 8 heteroatoms. The molecule has 29 heavy (non-hydrogen) atoms. The fourth-order valence-electron chi connectivity index (χ4n) is 2.69. The number of ether oxygens (including phenoxy) is 2. The summed E-state index contributed by atoms with van der Waals surface area (Å²) in [5, 5.41) is 19.3. The summed E-state index contributed by atoms with van der Waals surface area (Å²) in [6.07, 6.45) is -0.930. The van der Waals surface area contributed by atoms with Crippen molar-refractivity contribution >= 4 is 46.5 Å². The molecule has 2 N–H and O–H groups in total. The van der Waals surface area contributed by atoms with Gasteiger partial charge in [0.1, 0.15) is 41.8 Å². The van der Waals surface area contributed by atoms with E-state index in [4.69, 9.17) is 19.0 Å². The van der Waals surface area contributed by atoms with Crippen LogP contribution >= 0.6 is 0 Å². The third kappa shape index (κ3) is 5.61. The van der Waals surface area contributed by atoms with Gasteiger partial charge in [-0.25, -0.2) is 4.79 Å². The van der Waals surface area contributed by atoms with Crippen molar-refractivity contribution in [2.75, 3.05) is 13.2 Å². The molecule has 0 spiro atoms. The van der Waals surface area contributed by atoms with Crippen molar-refractivity contribution in [1.82, 2.24) is 0 Å². The molecule has 0 aliphatic carbocycles. The Morgan fingerprint density at radius 1 is 1.07 bits per heavy atom. The molecule has 1 unspecified atom stereocenters. The molecule has 1 atom stereocenters. The van der Waals surface area contributed by atoms with Gasteiger partial charge < -0.3 is 24.1 Å². The summed E-state index contributed by atoms with van der Waals surface area (Å²) in [5.41, 5.74) is 1.58. The molecule has 0 bridgehead atoms. The topological polar surface area (TPSA) is 106 Å². The van der Waals surface area contributed by atoms with Crippen molar-refractivity contribution < 1.29 is 28.9 Å². The minimum absolute atomic E-state index is 0. The second kappa shape index (κ2) is 9.93. The van der Waals surface area contributed by atoms with Crippen molar-refractivity contribution in [2.24, 2.45) is 0 Å². The molecule has 0 saturated carbocycles. The molecule has 3 rings (SSSR count). The molecule has 0 aliphatic rings. The number of rotatable bonds is 7. The third-order valence-corrected chi connectivity index (χ3v) is 4.13. The first-order valence-corrected chi connectivity index (χ1v) is 8.66. The Morgan fingerprint density at radius 3 is 2.45 bits per heavy atom. The predicted molar refractivity (Wildman–Crippen MR) is 108 cm³/mol. The molecule has 1 heterocycles. The molecular weight excluding hydrogens is 387 g/mol. The average molecular weight is 407 g/mol. The van der Waals surface area contributed by atoms with Gasteiger partial charge in [0.15, 0.2) is 5.43 Å². The molecule has 1 aromatic heterocycles. The number of aryl methyl sites for hydroxylation is 2. The number of carbonyl (C=O) groups is 1. The maximum Gasteiger partial charge on any atom is 0.371 e. The first kappa shape index (κ1) is 23.0. The SMILES string of the molecule is Cc1ccc(C)c(OCC(O)COc2cccc3oc(C(=O)O)cc(=O)c23)c1.[Na]. The van der Waals surface area contributed by atoms with E-state index >= 15 is 0 Å². The van der Waals surface area contributed by atoms with Crippen LogP contribution in [0.3, 0.4) is 0 Å². The second-order valence-electron chi connectivity index (χ2n) is 6.45. The fraction of sp³-hybridized carbons (Fsp3) is 0.238. The van der Waals surface area contributed by atoms with Crippen molar-refractivity contribution in [3.05, 3.63) is 69.6 Å². The Morgan fingerprint density at radius 2 is 1.76 bits per heavy atom. The van der Waals surface area contributed by atoms with Gasteiger partial charge in [-0.1, -0.05) is 18.2 Å². The van der Waals surface area contributed by atoms with E-state index in [-0.39, 0.29) is 59.5 Å². The summed E-state index contributed by atoms with van der Waals surface area (Å²) in [6, 6.07) is 11.3. The molecule has 0 aliphatic heterocycles. The normalized spacial score (nSPS) is 11.6. The minimum atomic E-state index is -1.33. The Hall–Kier alpha value is -2.32. The third-order valence-electron chi connectivity index (χ3n) is 4.13. The molecule has 147 valence electrons. The van der Waals surface area contributed by atoms with Crippen molar-refractivity contribution in [2.45, 2.75) is 20.0 Å². The van der Waals surface area contributed by atoms with E-state index in [1.165, 1.54) is 6.07 Å². The molecule has 1 radical (unpaired) electrons. The van der Waals surface area contributed by atoms with Gasteiger partial charge in [0.25, 0.3) is 0 Å². The van der Waals surface area contributed by atoms with Crippen molar-refractivity contribution in [3.8, 4) is 11.5 Å². The molecule has 0 amide bonds. The number of hydrogen-bond acceptors (Lipinski definition) is 6. The average Bonchev–Trinajstić information content (AvgIpc) is 2.66. The Balaban J connectivity index is 0.00000300. The number of aliphatic hydroxyl groups is 1. The molecule has 0 saturated heterocycles. The summed E-state index contributed by atoms with van der Waals surface area (Å²) in [5.74, 6) is -0.888. The zero-order valence-corrected chi connectivity index (χ0v) is 18.5. The summed E-state index contributed by atoms with van der Waals surface area (Å²) in [4.78, 5) is 23.3. The van der Waals surface area contributed by atoms with Crippen LogP contribution in [0.2, 0.25) is 0 Å². The van der Waals surface area contributed by atoms with Crippen LogP contribution in [0.1, 0.15) is 21.7 Å². The first-order valence-electron chi connectivity index (χ1n) is 8.66. The predicted octanol–water partition coefficient (Wildman–Crippen LogP) is 2.55. The Labute approximate surface area is 189 Å². The van der Waals surface area contributed by atoms with Crippen LogP contribution < -0.4 is 14.9 Å². The van der Waals surface area contributed by atoms with Gasteiger partial charge in [-0.05, 0) is 43.2 Å². The van der Waals surface area contributed by atoms with Crippen LogP contribution in [-0.2, 0) is 0 Å². The zero-order chi connectivity index (χ0) is 20.3. The summed E-state index contributed by atoms with van der Waals surface area (Å²) in [6.45, 7) is 3.78. The molecule has 7 nitrogen and oxygen atoms in total. The van der Waals surface area contributed by atoms with E-state index in [0.29, 0.717) is 5.75 Å². The summed E-state index contributed by atoms with van der Waals surface area (Å²) < 4.78 is 16.4. The molecule has 0 fully saturated rings. The van der Waals surface area contributed by atoms with Gasteiger partial charge in [-0.15, -0.1) is 0 Å². The van der Waals surface area contributed by atoms with Gasteiger partial charge in [0.05, 0.1) is 0 Å². The largest absolute Gasteiger partial charge is 0.490 e. The van der Waals surface area contributed by atoms with Crippen LogP contribution in [0.25, 0.3) is 11.0 Å². The van der Waals surface area contributed by atoms with E-state index in [9.17, 15) is 14.7 Å². The van der Waals surface area contributed by atoms with E-state index in [2.05, 4.69) is 0 Å². The molecule has 3 aromatic rings. The number of hydrogen-bond donors (Lipinski definition) is 2. The van der Waals surface area contributed by atoms with Gasteiger partial charge in [-0.2, -0.15) is 0 Å². The maximum absolute atomic E-state index is 12.3. The number of carboxylic acids is 1.